The topological polar surface area (TPSA) is 36.1 Å². The molecular formula is C14H16N2. The molecule has 0 N–H and O–H groups in total. The molecule has 0 atom stereocenters. The number of nitriles is 1. The Morgan fingerprint density at radius 1 is 1.00 bits per heavy atom. The monoisotopic (exact) mass is 212 g/mol. The Morgan fingerprint density at radius 3 is 1.81 bits per heavy atom. The standard InChI is InChI=1S/C14H16N2/c1-13(2)10-7-5-6-8-11(10)14(3,4)12(13)16-9-15/h5-8H,1-4H3. The van der Waals surface area contributed by atoms with Crippen molar-refractivity contribution in [2.24, 2.45) is 4.99 Å². The van der Waals surface area contributed by atoms with Crippen LogP contribution in [0.25, 0.3) is 0 Å². The maximum Gasteiger partial charge on any atom is 0.205 e. The van der Waals surface area contributed by atoms with E-state index in [0.29, 0.717) is 0 Å². The van der Waals surface area contributed by atoms with Crippen molar-refractivity contribution < 1.29 is 0 Å². The van der Waals surface area contributed by atoms with E-state index in [-0.39, 0.29) is 10.8 Å². The lowest BCUT2D eigenvalue weighted by Gasteiger charge is -2.25. The summed E-state index contributed by atoms with van der Waals surface area (Å²) in [6, 6.07) is 8.37. The molecule has 2 nitrogen and oxygen atoms in total. The van der Waals surface area contributed by atoms with Crippen LogP contribution in [0.15, 0.2) is 29.3 Å². The van der Waals surface area contributed by atoms with Gasteiger partial charge in [-0.2, -0.15) is 10.3 Å². The van der Waals surface area contributed by atoms with Crippen molar-refractivity contribution in [3.63, 3.8) is 0 Å². The van der Waals surface area contributed by atoms with Crippen molar-refractivity contribution in [1.82, 2.24) is 0 Å². The molecule has 0 saturated carbocycles. The zero-order valence-electron chi connectivity index (χ0n) is 10.2. The van der Waals surface area contributed by atoms with E-state index in [9.17, 15) is 0 Å². The van der Waals surface area contributed by atoms with Crippen LogP contribution in [0.5, 0.6) is 0 Å². The van der Waals surface area contributed by atoms with Gasteiger partial charge in [-0.1, -0.05) is 52.0 Å². The van der Waals surface area contributed by atoms with Gasteiger partial charge >= 0.3 is 0 Å². The second kappa shape index (κ2) is 3.18. The van der Waals surface area contributed by atoms with Crippen molar-refractivity contribution in [2.45, 2.75) is 38.5 Å². The average molecular weight is 212 g/mol. The summed E-state index contributed by atoms with van der Waals surface area (Å²) in [4.78, 5) is 4.07. The molecule has 1 aliphatic rings. The van der Waals surface area contributed by atoms with Crippen LogP contribution in [-0.4, -0.2) is 5.71 Å². The van der Waals surface area contributed by atoms with Crippen LogP contribution in [0.4, 0.5) is 0 Å². The minimum atomic E-state index is -0.143. The minimum Gasteiger partial charge on any atom is -0.181 e. The van der Waals surface area contributed by atoms with Crippen LogP contribution in [-0.2, 0) is 10.8 Å². The van der Waals surface area contributed by atoms with E-state index in [1.807, 2.05) is 18.3 Å². The van der Waals surface area contributed by atoms with Gasteiger partial charge in [-0.3, -0.25) is 0 Å². The van der Waals surface area contributed by atoms with Gasteiger partial charge in [0.1, 0.15) is 0 Å². The molecule has 1 aromatic rings. The van der Waals surface area contributed by atoms with Crippen LogP contribution in [0.1, 0.15) is 38.8 Å². The summed E-state index contributed by atoms with van der Waals surface area (Å²) in [5.74, 6) is 0. The van der Waals surface area contributed by atoms with Gasteiger partial charge in [0.15, 0.2) is 0 Å². The first-order valence-electron chi connectivity index (χ1n) is 5.50. The van der Waals surface area contributed by atoms with Gasteiger partial charge in [0.05, 0.1) is 5.71 Å². The third-order valence-corrected chi connectivity index (χ3v) is 3.62. The second-order valence-corrected chi connectivity index (χ2v) is 5.36. The van der Waals surface area contributed by atoms with Crippen LogP contribution in [0, 0.1) is 11.5 Å². The molecule has 16 heavy (non-hydrogen) atoms. The summed E-state index contributed by atoms with van der Waals surface area (Å²) in [5, 5.41) is 8.83. The fourth-order valence-corrected chi connectivity index (χ4v) is 2.94. The summed E-state index contributed by atoms with van der Waals surface area (Å²) >= 11 is 0. The molecular weight excluding hydrogens is 196 g/mol. The maximum absolute atomic E-state index is 8.83. The Morgan fingerprint density at radius 2 is 1.44 bits per heavy atom. The summed E-state index contributed by atoms with van der Waals surface area (Å²) in [6.07, 6.45) is 1.94. The lowest BCUT2D eigenvalue weighted by Crippen LogP contribution is -2.34. The van der Waals surface area contributed by atoms with E-state index in [1.54, 1.807) is 0 Å². The fraction of sp³-hybridized carbons (Fsp3) is 0.429. The molecule has 0 fully saturated rings. The van der Waals surface area contributed by atoms with Gasteiger partial charge in [0.2, 0.25) is 6.19 Å². The van der Waals surface area contributed by atoms with Crippen LogP contribution in [0.3, 0.4) is 0 Å². The third kappa shape index (κ3) is 1.21. The lowest BCUT2D eigenvalue weighted by atomic mass is 9.79. The molecule has 2 rings (SSSR count). The van der Waals surface area contributed by atoms with Crippen molar-refractivity contribution in [3.8, 4) is 6.19 Å². The number of aliphatic imine (C=N–C) groups is 1. The molecule has 0 aromatic heterocycles. The van der Waals surface area contributed by atoms with E-state index in [0.717, 1.165) is 5.71 Å². The highest BCUT2D eigenvalue weighted by Crippen LogP contribution is 2.46. The van der Waals surface area contributed by atoms with Gasteiger partial charge in [-0.05, 0) is 11.1 Å². The Bertz CT molecular complexity index is 465. The highest BCUT2D eigenvalue weighted by atomic mass is 14.8. The zero-order valence-corrected chi connectivity index (χ0v) is 10.2. The quantitative estimate of drug-likeness (QED) is 0.608. The molecule has 0 saturated heterocycles. The molecule has 0 aliphatic heterocycles. The van der Waals surface area contributed by atoms with Crippen molar-refractivity contribution >= 4 is 5.71 Å². The molecule has 0 amide bonds. The van der Waals surface area contributed by atoms with Gasteiger partial charge in [0, 0.05) is 10.8 Å². The second-order valence-electron chi connectivity index (χ2n) is 5.36. The average Bonchev–Trinajstić information content (AvgIpc) is 2.38. The molecule has 82 valence electrons. The Labute approximate surface area is 96.6 Å². The van der Waals surface area contributed by atoms with Gasteiger partial charge in [-0.15, -0.1) is 0 Å². The smallest absolute Gasteiger partial charge is 0.181 e. The molecule has 1 aliphatic carbocycles. The first-order valence-corrected chi connectivity index (χ1v) is 5.50. The van der Waals surface area contributed by atoms with Gasteiger partial charge in [0.25, 0.3) is 0 Å². The first-order chi connectivity index (χ1) is 7.42. The molecule has 0 unspecified atom stereocenters. The van der Waals surface area contributed by atoms with Crippen LogP contribution >= 0.6 is 0 Å². The SMILES string of the molecule is CC1(C)C(=NC#N)C(C)(C)c2ccccc21. The van der Waals surface area contributed by atoms with E-state index < -0.39 is 0 Å². The molecule has 0 heterocycles. The maximum atomic E-state index is 8.83. The predicted octanol–water partition coefficient (Wildman–Crippen LogP) is 3.18. The highest BCUT2D eigenvalue weighted by Gasteiger charge is 2.47. The summed E-state index contributed by atoms with van der Waals surface area (Å²) in [7, 11) is 0. The Balaban J connectivity index is 2.77. The minimum absolute atomic E-state index is 0.143. The highest BCUT2D eigenvalue weighted by molar-refractivity contribution is 6.07. The molecule has 0 bridgehead atoms. The number of nitrogens with zero attached hydrogens (tertiary/aromatic N) is 2. The lowest BCUT2D eigenvalue weighted by molar-refractivity contribution is 0.681. The van der Waals surface area contributed by atoms with E-state index in [2.05, 4.69) is 44.8 Å². The predicted molar refractivity (Wildman–Crippen MR) is 65.5 cm³/mol. The van der Waals surface area contributed by atoms with Crippen molar-refractivity contribution in [1.29, 1.82) is 5.26 Å². The van der Waals surface area contributed by atoms with E-state index >= 15 is 0 Å². The third-order valence-electron chi connectivity index (χ3n) is 3.62. The van der Waals surface area contributed by atoms with Crippen LogP contribution < -0.4 is 0 Å². The summed E-state index contributed by atoms with van der Waals surface area (Å²) < 4.78 is 0. The first kappa shape index (κ1) is 10.9. The number of fused-ring (bicyclic) bond motifs is 1. The number of benzene rings is 1. The van der Waals surface area contributed by atoms with Gasteiger partial charge in [-0.25, -0.2) is 0 Å². The summed E-state index contributed by atoms with van der Waals surface area (Å²) in [5.41, 5.74) is 3.25. The largest absolute Gasteiger partial charge is 0.205 e. The van der Waals surface area contributed by atoms with Crippen molar-refractivity contribution in [2.75, 3.05) is 0 Å². The molecule has 2 heteroatoms. The van der Waals surface area contributed by atoms with E-state index in [1.165, 1.54) is 11.1 Å². The number of hydrogen-bond donors (Lipinski definition) is 0. The summed E-state index contributed by atoms with van der Waals surface area (Å²) in [6.45, 7) is 8.54. The molecule has 0 spiro atoms. The van der Waals surface area contributed by atoms with E-state index in [4.69, 9.17) is 5.26 Å². The normalized spacial score (nSPS) is 20.1. The number of rotatable bonds is 0. The van der Waals surface area contributed by atoms with Gasteiger partial charge < -0.3 is 0 Å². The molecule has 1 aromatic carbocycles. The molecule has 0 radical (unpaired) electrons. The van der Waals surface area contributed by atoms with Crippen molar-refractivity contribution in [3.05, 3.63) is 35.4 Å². The number of hydrogen-bond acceptors (Lipinski definition) is 2. The fourth-order valence-electron chi connectivity index (χ4n) is 2.94. The zero-order chi connectivity index (χ0) is 12.0. The van der Waals surface area contributed by atoms with Crippen LogP contribution in [0.2, 0.25) is 0 Å². The Kier molecular flexibility index (Phi) is 2.17. The Hall–Kier alpha value is -1.62.